The Morgan fingerprint density at radius 3 is 2.68 bits per heavy atom. The van der Waals surface area contributed by atoms with E-state index in [1.165, 1.54) is 6.07 Å². The van der Waals surface area contributed by atoms with Gasteiger partial charge in [0, 0.05) is 5.69 Å². The SMILES string of the molecule is CCc1ccc(/C=N/O)cc1NC(=O)CC(F)(F)F. The number of carbonyl (C=O) groups is 1. The van der Waals surface area contributed by atoms with Gasteiger partial charge in [-0.2, -0.15) is 13.2 Å². The van der Waals surface area contributed by atoms with E-state index in [2.05, 4.69) is 10.5 Å². The molecule has 104 valence electrons. The second-order valence-corrected chi connectivity index (χ2v) is 3.85. The molecule has 0 aliphatic heterocycles. The summed E-state index contributed by atoms with van der Waals surface area (Å²) in [7, 11) is 0. The molecule has 1 amide bonds. The molecule has 1 rings (SSSR count). The number of alkyl halides is 3. The van der Waals surface area contributed by atoms with Crippen molar-refractivity contribution >= 4 is 17.8 Å². The van der Waals surface area contributed by atoms with Gasteiger partial charge in [-0.3, -0.25) is 4.79 Å². The molecule has 7 heteroatoms. The molecule has 0 atom stereocenters. The van der Waals surface area contributed by atoms with Crippen LogP contribution >= 0.6 is 0 Å². The number of nitrogens with one attached hydrogen (secondary N) is 1. The Morgan fingerprint density at radius 2 is 2.16 bits per heavy atom. The van der Waals surface area contributed by atoms with Crippen molar-refractivity contribution in [3.63, 3.8) is 0 Å². The minimum Gasteiger partial charge on any atom is -0.411 e. The monoisotopic (exact) mass is 274 g/mol. The number of oxime groups is 1. The molecule has 0 heterocycles. The zero-order chi connectivity index (χ0) is 14.5. The Morgan fingerprint density at radius 1 is 1.47 bits per heavy atom. The molecule has 4 nitrogen and oxygen atoms in total. The molecule has 0 saturated carbocycles. The van der Waals surface area contributed by atoms with E-state index in [0.717, 1.165) is 6.21 Å². The third-order valence-corrected chi connectivity index (χ3v) is 2.36. The number of carbonyl (C=O) groups excluding carboxylic acids is 1. The predicted molar refractivity (Wildman–Crippen MR) is 64.5 cm³/mol. The lowest BCUT2D eigenvalue weighted by molar-refractivity contribution is -0.150. The first-order valence-electron chi connectivity index (χ1n) is 5.52. The molecule has 0 unspecified atom stereocenters. The maximum Gasteiger partial charge on any atom is 0.397 e. The second-order valence-electron chi connectivity index (χ2n) is 3.85. The van der Waals surface area contributed by atoms with E-state index in [-0.39, 0.29) is 5.69 Å². The van der Waals surface area contributed by atoms with Crippen molar-refractivity contribution in [2.24, 2.45) is 5.16 Å². The molecule has 0 aromatic heterocycles. The minimum atomic E-state index is -4.54. The van der Waals surface area contributed by atoms with Gasteiger partial charge in [0.15, 0.2) is 0 Å². The van der Waals surface area contributed by atoms with Crippen molar-refractivity contribution in [2.75, 3.05) is 5.32 Å². The van der Waals surface area contributed by atoms with Gasteiger partial charge in [-0.1, -0.05) is 24.2 Å². The number of amides is 1. The zero-order valence-corrected chi connectivity index (χ0v) is 10.2. The highest BCUT2D eigenvalue weighted by atomic mass is 19.4. The van der Waals surface area contributed by atoms with Gasteiger partial charge in [0.1, 0.15) is 6.42 Å². The van der Waals surface area contributed by atoms with Crippen LogP contribution in [0.1, 0.15) is 24.5 Å². The largest absolute Gasteiger partial charge is 0.411 e. The standard InChI is InChI=1S/C12H13F3N2O2/c1-2-9-4-3-8(7-16-19)5-10(9)17-11(18)6-12(13,14)15/h3-5,7,19H,2,6H2,1H3,(H,17,18)/b16-7+. The maximum atomic E-state index is 12.1. The quantitative estimate of drug-likeness (QED) is 0.503. The average molecular weight is 274 g/mol. The molecule has 1 aromatic carbocycles. The summed E-state index contributed by atoms with van der Waals surface area (Å²) in [5, 5.41) is 13.4. The highest BCUT2D eigenvalue weighted by molar-refractivity contribution is 5.93. The number of benzene rings is 1. The molecule has 0 saturated heterocycles. The van der Waals surface area contributed by atoms with Crippen molar-refractivity contribution in [1.29, 1.82) is 0 Å². The Bertz CT molecular complexity index is 484. The maximum absolute atomic E-state index is 12.1. The van der Waals surface area contributed by atoms with Crippen molar-refractivity contribution in [3.05, 3.63) is 29.3 Å². The highest BCUT2D eigenvalue weighted by Crippen LogP contribution is 2.22. The smallest absolute Gasteiger partial charge is 0.397 e. The van der Waals surface area contributed by atoms with Crippen LogP contribution in [0.3, 0.4) is 0 Å². The summed E-state index contributed by atoms with van der Waals surface area (Å²) in [4.78, 5) is 11.3. The number of rotatable bonds is 4. The number of aryl methyl sites for hydroxylation is 1. The molecule has 0 spiro atoms. The Hall–Kier alpha value is -2.05. The van der Waals surface area contributed by atoms with Crippen LogP contribution in [0.5, 0.6) is 0 Å². The van der Waals surface area contributed by atoms with Gasteiger partial charge in [0.25, 0.3) is 0 Å². The predicted octanol–water partition coefficient (Wildman–Crippen LogP) is 2.95. The molecule has 2 N–H and O–H groups in total. The lowest BCUT2D eigenvalue weighted by atomic mass is 10.1. The van der Waals surface area contributed by atoms with Gasteiger partial charge >= 0.3 is 6.18 Å². The fraction of sp³-hybridized carbons (Fsp3) is 0.333. The van der Waals surface area contributed by atoms with Crippen molar-refractivity contribution in [3.8, 4) is 0 Å². The lowest BCUT2D eigenvalue weighted by Gasteiger charge is -2.12. The lowest BCUT2D eigenvalue weighted by Crippen LogP contribution is -2.21. The number of nitrogens with zero attached hydrogens (tertiary/aromatic N) is 1. The van der Waals surface area contributed by atoms with Crippen LogP contribution < -0.4 is 5.32 Å². The fourth-order valence-corrected chi connectivity index (χ4v) is 1.54. The summed E-state index contributed by atoms with van der Waals surface area (Å²) in [6, 6.07) is 4.74. The molecular weight excluding hydrogens is 261 g/mol. The van der Waals surface area contributed by atoms with Gasteiger partial charge < -0.3 is 10.5 Å². The second kappa shape index (κ2) is 6.21. The molecule has 0 fully saturated rings. The molecule has 1 aromatic rings. The van der Waals surface area contributed by atoms with Crippen LogP contribution in [0.2, 0.25) is 0 Å². The highest BCUT2D eigenvalue weighted by Gasteiger charge is 2.31. The van der Waals surface area contributed by atoms with Gasteiger partial charge in [-0.15, -0.1) is 0 Å². The first kappa shape index (κ1) is 15.0. The van der Waals surface area contributed by atoms with Crippen LogP contribution in [0.15, 0.2) is 23.4 Å². The van der Waals surface area contributed by atoms with Crippen LogP contribution in [0.25, 0.3) is 0 Å². The van der Waals surface area contributed by atoms with E-state index in [4.69, 9.17) is 5.21 Å². The topological polar surface area (TPSA) is 61.7 Å². The van der Waals surface area contributed by atoms with Crippen molar-refractivity contribution in [1.82, 2.24) is 0 Å². The summed E-state index contributed by atoms with van der Waals surface area (Å²) in [5.74, 6) is -1.12. The van der Waals surface area contributed by atoms with E-state index in [9.17, 15) is 18.0 Å². The molecule has 0 aliphatic rings. The van der Waals surface area contributed by atoms with Crippen molar-refractivity contribution < 1.29 is 23.2 Å². The molecule has 0 aliphatic carbocycles. The minimum absolute atomic E-state index is 0.286. The molecule has 0 bridgehead atoms. The first-order chi connectivity index (χ1) is 8.85. The molecule has 19 heavy (non-hydrogen) atoms. The van der Waals surface area contributed by atoms with Gasteiger partial charge in [-0.25, -0.2) is 0 Å². The van der Waals surface area contributed by atoms with Crippen LogP contribution in [-0.2, 0) is 11.2 Å². The molecular formula is C12H13F3N2O2. The Labute approximate surface area is 107 Å². The third kappa shape index (κ3) is 4.99. The zero-order valence-electron chi connectivity index (χ0n) is 10.2. The van der Waals surface area contributed by atoms with Gasteiger partial charge in [-0.05, 0) is 23.6 Å². The summed E-state index contributed by atoms with van der Waals surface area (Å²) < 4.78 is 36.2. The fourth-order valence-electron chi connectivity index (χ4n) is 1.54. The van der Waals surface area contributed by atoms with E-state index >= 15 is 0 Å². The normalized spacial score (nSPS) is 11.8. The summed E-state index contributed by atoms with van der Waals surface area (Å²) in [5.41, 5.74) is 1.46. The van der Waals surface area contributed by atoms with Crippen molar-refractivity contribution in [2.45, 2.75) is 25.9 Å². The summed E-state index contributed by atoms with van der Waals surface area (Å²) in [6.45, 7) is 1.81. The number of hydrogen-bond donors (Lipinski definition) is 2. The summed E-state index contributed by atoms with van der Waals surface area (Å²) in [6.07, 6.45) is -4.40. The number of anilines is 1. The van der Waals surface area contributed by atoms with Crippen LogP contribution in [0, 0.1) is 0 Å². The van der Waals surface area contributed by atoms with E-state index in [1.54, 1.807) is 12.1 Å². The van der Waals surface area contributed by atoms with E-state index < -0.39 is 18.5 Å². The number of hydrogen-bond acceptors (Lipinski definition) is 3. The van der Waals surface area contributed by atoms with Crippen LogP contribution in [-0.4, -0.2) is 23.5 Å². The third-order valence-electron chi connectivity index (χ3n) is 2.36. The van der Waals surface area contributed by atoms with E-state index in [0.29, 0.717) is 17.5 Å². The molecule has 0 radical (unpaired) electrons. The van der Waals surface area contributed by atoms with Crippen LogP contribution in [0.4, 0.5) is 18.9 Å². The van der Waals surface area contributed by atoms with Gasteiger partial charge in [0.2, 0.25) is 5.91 Å². The first-order valence-corrected chi connectivity index (χ1v) is 5.52. The summed E-state index contributed by atoms with van der Waals surface area (Å²) >= 11 is 0. The van der Waals surface area contributed by atoms with Gasteiger partial charge in [0.05, 0.1) is 6.21 Å². The Balaban J connectivity index is 2.91. The Kier molecular flexibility index (Phi) is 4.91. The average Bonchev–Trinajstić information content (AvgIpc) is 2.27. The number of halogens is 3. The van der Waals surface area contributed by atoms with E-state index in [1.807, 2.05) is 6.92 Å².